The van der Waals surface area contributed by atoms with Crippen LogP contribution in [0.1, 0.15) is 53.5 Å². The van der Waals surface area contributed by atoms with Gasteiger partial charge in [-0.3, -0.25) is 14.9 Å². The van der Waals surface area contributed by atoms with E-state index in [-0.39, 0.29) is 11.6 Å². The molecule has 0 N–H and O–H groups in total. The number of unbranched alkanes of at least 4 members (excludes halogenated alkanes) is 2. The lowest BCUT2D eigenvalue weighted by Gasteiger charge is -2.04. The summed E-state index contributed by atoms with van der Waals surface area (Å²) < 4.78 is 1.40. The summed E-state index contributed by atoms with van der Waals surface area (Å²) >= 11 is 0. The van der Waals surface area contributed by atoms with E-state index in [0.717, 1.165) is 42.6 Å². The molecule has 0 fully saturated rings. The maximum Gasteiger partial charge on any atom is 0.278 e. The van der Waals surface area contributed by atoms with Crippen LogP contribution in [-0.2, 0) is 6.42 Å². The summed E-state index contributed by atoms with van der Waals surface area (Å²) in [7, 11) is 0. The molecule has 0 saturated heterocycles. The van der Waals surface area contributed by atoms with Gasteiger partial charge in [0.2, 0.25) is 0 Å². The van der Waals surface area contributed by atoms with Crippen LogP contribution in [0.3, 0.4) is 0 Å². The van der Waals surface area contributed by atoms with E-state index in [0.29, 0.717) is 5.56 Å². The van der Waals surface area contributed by atoms with Gasteiger partial charge in [0.15, 0.2) is 0 Å². The van der Waals surface area contributed by atoms with Crippen LogP contribution >= 0.6 is 0 Å². The Morgan fingerprint density at radius 3 is 2.43 bits per heavy atom. The summed E-state index contributed by atoms with van der Waals surface area (Å²) in [5, 5.41) is 15.0. The number of hydrogen-bond acceptors (Lipinski definition) is 4. The average Bonchev–Trinajstić information content (AvgIpc) is 2.82. The van der Waals surface area contributed by atoms with E-state index in [1.807, 2.05) is 13.8 Å². The lowest BCUT2D eigenvalue weighted by atomic mass is 10.1. The van der Waals surface area contributed by atoms with E-state index in [9.17, 15) is 14.9 Å². The zero-order valence-electron chi connectivity index (χ0n) is 13.7. The molecule has 122 valence electrons. The maximum absolute atomic E-state index is 12.6. The van der Waals surface area contributed by atoms with Crippen LogP contribution in [0.15, 0.2) is 24.3 Å². The van der Waals surface area contributed by atoms with Crippen LogP contribution < -0.4 is 0 Å². The first-order chi connectivity index (χ1) is 11.0. The molecule has 0 spiro atoms. The number of hydrogen-bond donors (Lipinski definition) is 0. The Morgan fingerprint density at radius 1 is 1.22 bits per heavy atom. The average molecular weight is 315 g/mol. The Balaban J connectivity index is 2.25. The van der Waals surface area contributed by atoms with Crippen LogP contribution in [0.25, 0.3) is 0 Å². The number of carbonyl (C=O) groups is 1. The third-order valence-electron chi connectivity index (χ3n) is 3.99. The smallest absolute Gasteiger partial charge is 0.267 e. The minimum Gasteiger partial charge on any atom is -0.267 e. The molecule has 1 aromatic heterocycles. The molecular formula is C17H21N3O3. The Kier molecular flexibility index (Phi) is 5.26. The number of nitrogens with zero attached hydrogens (tertiary/aromatic N) is 3. The lowest BCUT2D eigenvalue weighted by molar-refractivity contribution is -0.384. The molecule has 23 heavy (non-hydrogen) atoms. The van der Waals surface area contributed by atoms with Crippen LogP contribution in [0, 0.1) is 24.0 Å². The molecule has 0 radical (unpaired) electrons. The third-order valence-corrected chi connectivity index (χ3v) is 3.99. The number of aryl methyl sites for hydroxylation is 1. The molecule has 6 nitrogen and oxygen atoms in total. The van der Waals surface area contributed by atoms with Crippen molar-refractivity contribution in [1.82, 2.24) is 9.78 Å². The SMILES string of the molecule is CCCCCc1c(C)nn(C(=O)c2ccc([N+](=O)[O-])cc2)c1C. The standard InChI is InChI=1S/C17H21N3O3/c1-4-5-6-7-16-12(2)18-19(13(16)3)17(21)14-8-10-15(11-9-14)20(22)23/h8-11H,4-7H2,1-3H3. The van der Waals surface area contributed by atoms with E-state index in [2.05, 4.69) is 12.0 Å². The van der Waals surface area contributed by atoms with Gasteiger partial charge in [-0.15, -0.1) is 0 Å². The molecule has 0 amide bonds. The Morgan fingerprint density at radius 2 is 1.87 bits per heavy atom. The van der Waals surface area contributed by atoms with E-state index in [1.165, 1.54) is 28.9 Å². The molecule has 1 aromatic carbocycles. The fourth-order valence-electron chi connectivity index (χ4n) is 2.63. The first-order valence-corrected chi connectivity index (χ1v) is 7.80. The van der Waals surface area contributed by atoms with Crippen LogP contribution in [0.2, 0.25) is 0 Å². The number of nitro benzene ring substituents is 1. The molecule has 0 saturated carbocycles. The number of benzene rings is 1. The normalized spacial score (nSPS) is 10.7. The fraction of sp³-hybridized carbons (Fsp3) is 0.412. The predicted molar refractivity (Wildman–Crippen MR) is 87.8 cm³/mol. The first kappa shape index (κ1) is 16.9. The summed E-state index contributed by atoms with van der Waals surface area (Å²) in [6.45, 7) is 5.96. The zero-order chi connectivity index (χ0) is 17.0. The number of non-ortho nitro benzene ring substituents is 1. The summed E-state index contributed by atoms with van der Waals surface area (Å²) in [5.74, 6) is -0.262. The van der Waals surface area contributed by atoms with Gasteiger partial charge >= 0.3 is 0 Å². The van der Waals surface area contributed by atoms with Crippen LogP contribution in [0.5, 0.6) is 0 Å². The Bertz CT molecular complexity index is 717. The highest BCUT2D eigenvalue weighted by Gasteiger charge is 2.18. The van der Waals surface area contributed by atoms with Gasteiger partial charge in [-0.1, -0.05) is 19.8 Å². The number of carbonyl (C=O) groups excluding carboxylic acids is 1. The molecule has 0 aliphatic carbocycles. The zero-order valence-corrected chi connectivity index (χ0v) is 13.7. The van der Waals surface area contributed by atoms with Gasteiger partial charge in [0.05, 0.1) is 10.6 Å². The third kappa shape index (κ3) is 3.64. The van der Waals surface area contributed by atoms with Gasteiger partial charge < -0.3 is 0 Å². The predicted octanol–water partition coefficient (Wildman–Crippen LogP) is 3.83. The van der Waals surface area contributed by atoms with Crippen molar-refractivity contribution >= 4 is 11.6 Å². The number of nitro groups is 1. The number of rotatable bonds is 6. The molecular weight excluding hydrogens is 294 g/mol. The maximum atomic E-state index is 12.6. The van der Waals surface area contributed by atoms with Crippen molar-refractivity contribution in [1.29, 1.82) is 0 Å². The summed E-state index contributed by atoms with van der Waals surface area (Å²) in [5.41, 5.74) is 3.20. The molecule has 0 aliphatic heterocycles. The largest absolute Gasteiger partial charge is 0.278 e. The highest BCUT2D eigenvalue weighted by Crippen LogP contribution is 2.19. The molecule has 6 heteroatoms. The minimum atomic E-state index is -0.483. The second-order valence-electron chi connectivity index (χ2n) is 5.63. The monoisotopic (exact) mass is 315 g/mol. The van der Waals surface area contributed by atoms with Gasteiger partial charge in [-0.2, -0.15) is 5.10 Å². The second-order valence-corrected chi connectivity index (χ2v) is 5.63. The lowest BCUT2D eigenvalue weighted by Crippen LogP contribution is -2.15. The Labute approximate surface area is 135 Å². The van der Waals surface area contributed by atoms with Gasteiger partial charge in [-0.25, -0.2) is 4.68 Å². The first-order valence-electron chi connectivity index (χ1n) is 7.80. The molecule has 0 unspecified atom stereocenters. The van der Waals surface area contributed by atoms with Gasteiger partial charge in [-0.05, 0) is 44.4 Å². The van der Waals surface area contributed by atoms with Crippen LogP contribution in [0.4, 0.5) is 5.69 Å². The van der Waals surface area contributed by atoms with Crippen molar-refractivity contribution in [2.24, 2.45) is 0 Å². The highest BCUT2D eigenvalue weighted by atomic mass is 16.6. The molecule has 2 aromatic rings. The molecule has 0 bridgehead atoms. The minimum absolute atomic E-state index is 0.0322. The van der Waals surface area contributed by atoms with E-state index < -0.39 is 4.92 Å². The molecule has 0 aliphatic rings. The van der Waals surface area contributed by atoms with E-state index >= 15 is 0 Å². The van der Waals surface area contributed by atoms with Gasteiger partial charge in [0.1, 0.15) is 0 Å². The van der Waals surface area contributed by atoms with E-state index in [4.69, 9.17) is 0 Å². The van der Waals surface area contributed by atoms with Crippen molar-refractivity contribution in [3.8, 4) is 0 Å². The Hall–Kier alpha value is -2.50. The topological polar surface area (TPSA) is 78.0 Å². The van der Waals surface area contributed by atoms with Crippen molar-refractivity contribution in [2.75, 3.05) is 0 Å². The van der Waals surface area contributed by atoms with Crippen molar-refractivity contribution in [2.45, 2.75) is 46.5 Å². The number of aromatic nitrogens is 2. The van der Waals surface area contributed by atoms with Crippen LogP contribution in [-0.4, -0.2) is 20.6 Å². The molecule has 0 atom stereocenters. The second kappa shape index (κ2) is 7.17. The van der Waals surface area contributed by atoms with Crippen molar-refractivity contribution in [3.63, 3.8) is 0 Å². The summed E-state index contributed by atoms with van der Waals surface area (Å²) in [4.78, 5) is 22.8. The molecule has 1 heterocycles. The summed E-state index contributed by atoms with van der Waals surface area (Å²) in [6.07, 6.45) is 4.29. The van der Waals surface area contributed by atoms with Gasteiger partial charge in [0, 0.05) is 23.4 Å². The fourth-order valence-corrected chi connectivity index (χ4v) is 2.63. The van der Waals surface area contributed by atoms with Crippen molar-refractivity contribution in [3.05, 3.63) is 56.9 Å². The molecule has 2 rings (SSSR count). The van der Waals surface area contributed by atoms with Gasteiger partial charge in [0.25, 0.3) is 11.6 Å². The summed E-state index contributed by atoms with van der Waals surface area (Å²) in [6, 6.07) is 5.60. The van der Waals surface area contributed by atoms with E-state index in [1.54, 1.807) is 0 Å². The van der Waals surface area contributed by atoms with Crippen molar-refractivity contribution < 1.29 is 9.72 Å². The quantitative estimate of drug-likeness (QED) is 0.461. The highest BCUT2D eigenvalue weighted by molar-refractivity contribution is 5.96.